The zero-order valence-electron chi connectivity index (χ0n) is 19.2. The molecule has 2 aromatic carbocycles. The molecule has 0 atom stereocenters. The largest absolute Gasteiger partial charge is 0.367 e. The Kier molecular flexibility index (Phi) is 7.67. The fourth-order valence-corrected chi connectivity index (χ4v) is 4.09. The van der Waals surface area contributed by atoms with Gasteiger partial charge in [0.1, 0.15) is 0 Å². The van der Waals surface area contributed by atoms with Gasteiger partial charge in [0.15, 0.2) is 5.78 Å². The van der Waals surface area contributed by atoms with E-state index in [9.17, 15) is 9.59 Å². The number of Topliss-reactive ketones (excluding diaryl/α,β-unsaturated/α-hetero) is 1. The van der Waals surface area contributed by atoms with Gasteiger partial charge < -0.3 is 10.2 Å². The average Bonchev–Trinajstić information content (AvgIpc) is 2.75. The first-order valence-corrected chi connectivity index (χ1v) is 11.2. The van der Waals surface area contributed by atoms with E-state index < -0.39 is 0 Å². The van der Waals surface area contributed by atoms with Crippen LogP contribution in [0.2, 0.25) is 0 Å². The molecule has 3 rings (SSSR count). The first-order valence-electron chi connectivity index (χ1n) is 11.2. The highest BCUT2D eigenvalue weighted by atomic mass is 16.2. The van der Waals surface area contributed by atoms with E-state index in [4.69, 9.17) is 0 Å². The summed E-state index contributed by atoms with van der Waals surface area (Å²) in [6.07, 6.45) is 3.76. The van der Waals surface area contributed by atoms with E-state index in [1.807, 2.05) is 19.1 Å². The molecule has 1 amide bonds. The standard InChI is InChI=1S/C27H34N2O2/c1-19(2)25-7-5-6-21(4)26(25)17-24(30)18-28-27(31)16-22-12-14-29(15-13-22)23-10-8-20(3)9-11-23/h5-12,19H,13-18H2,1-4H3,(H,28,31). The van der Waals surface area contributed by atoms with Crippen molar-refractivity contribution in [3.8, 4) is 0 Å². The highest BCUT2D eigenvalue weighted by Gasteiger charge is 2.16. The highest BCUT2D eigenvalue weighted by molar-refractivity contribution is 5.88. The lowest BCUT2D eigenvalue weighted by Gasteiger charge is -2.28. The molecule has 0 aliphatic carbocycles. The monoisotopic (exact) mass is 418 g/mol. The lowest BCUT2D eigenvalue weighted by Crippen LogP contribution is -2.33. The first-order chi connectivity index (χ1) is 14.8. The van der Waals surface area contributed by atoms with Gasteiger partial charge in [0.2, 0.25) is 5.91 Å². The third-order valence-corrected chi connectivity index (χ3v) is 6.02. The second-order valence-corrected chi connectivity index (χ2v) is 8.86. The zero-order chi connectivity index (χ0) is 22.4. The molecule has 164 valence electrons. The summed E-state index contributed by atoms with van der Waals surface area (Å²) < 4.78 is 0. The molecule has 4 nitrogen and oxygen atoms in total. The van der Waals surface area contributed by atoms with E-state index in [0.29, 0.717) is 18.8 Å². The molecule has 0 spiro atoms. The number of carbonyl (C=O) groups is 2. The summed E-state index contributed by atoms with van der Waals surface area (Å²) in [7, 11) is 0. The molecule has 1 aliphatic rings. The van der Waals surface area contributed by atoms with E-state index in [-0.39, 0.29) is 18.2 Å². The number of rotatable bonds is 8. The molecule has 1 N–H and O–H groups in total. The number of carbonyl (C=O) groups excluding carboxylic acids is 2. The van der Waals surface area contributed by atoms with Gasteiger partial charge in [-0.15, -0.1) is 0 Å². The molecule has 0 saturated carbocycles. The van der Waals surface area contributed by atoms with Crippen molar-refractivity contribution in [1.29, 1.82) is 0 Å². The van der Waals surface area contributed by atoms with Crippen LogP contribution in [0.25, 0.3) is 0 Å². The van der Waals surface area contributed by atoms with Gasteiger partial charge in [-0.2, -0.15) is 0 Å². The maximum atomic E-state index is 12.5. The Bertz CT molecular complexity index is 958. The van der Waals surface area contributed by atoms with Crippen LogP contribution in [0.1, 0.15) is 54.9 Å². The van der Waals surface area contributed by atoms with Gasteiger partial charge in [-0.25, -0.2) is 0 Å². The summed E-state index contributed by atoms with van der Waals surface area (Å²) in [5.41, 5.74) is 7.07. The summed E-state index contributed by atoms with van der Waals surface area (Å²) in [6.45, 7) is 10.2. The van der Waals surface area contributed by atoms with Crippen molar-refractivity contribution in [1.82, 2.24) is 5.32 Å². The number of hydrogen-bond donors (Lipinski definition) is 1. The van der Waals surface area contributed by atoms with Crippen molar-refractivity contribution in [2.24, 2.45) is 0 Å². The van der Waals surface area contributed by atoms with E-state index in [0.717, 1.165) is 36.2 Å². The van der Waals surface area contributed by atoms with E-state index in [1.54, 1.807) is 0 Å². The van der Waals surface area contributed by atoms with Gasteiger partial charge in [-0.1, -0.05) is 61.4 Å². The quantitative estimate of drug-likeness (QED) is 0.622. The normalized spacial score (nSPS) is 13.8. The van der Waals surface area contributed by atoms with Crippen molar-refractivity contribution >= 4 is 17.4 Å². The molecule has 2 aromatic rings. The fraction of sp³-hybridized carbons (Fsp3) is 0.407. The summed E-state index contributed by atoms with van der Waals surface area (Å²) in [5, 5.41) is 2.82. The van der Waals surface area contributed by atoms with Crippen LogP contribution < -0.4 is 10.2 Å². The first kappa shape index (κ1) is 22.8. The smallest absolute Gasteiger partial charge is 0.224 e. The number of amides is 1. The zero-order valence-corrected chi connectivity index (χ0v) is 19.2. The van der Waals surface area contributed by atoms with Gasteiger partial charge in [0.25, 0.3) is 0 Å². The minimum Gasteiger partial charge on any atom is -0.367 e. The minimum atomic E-state index is -0.0720. The Balaban J connectivity index is 1.47. The van der Waals surface area contributed by atoms with E-state index in [2.05, 4.69) is 67.4 Å². The second-order valence-electron chi connectivity index (χ2n) is 8.86. The van der Waals surface area contributed by atoms with Crippen LogP contribution in [0.15, 0.2) is 54.1 Å². The maximum absolute atomic E-state index is 12.5. The van der Waals surface area contributed by atoms with Gasteiger partial charge in [-0.3, -0.25) is 9.59 Å². The van der Waals surface area contributed by atoms with E-state index >= 15 is 0 Å². The van der Waals surface area contributed by atoms with Crippen LogP contribution in [-0.4, -0.2) is 31.3 Å². The van der Waals surface area contributed by atoms with Crippen molar-refractivity contribution < 1.29 is 9.59 Å². The van der Waals surface area contributed by atoms with Crippen LogP contribution in [0.3, 0.4) is 0 Å². The minimum absolute atomic E-state index is 0.0488. The number of hydrogen-bond acceptors (Lipinski definition) is 3. The molecular weight excluding hydrogens is 384 g/mol. The maximum Gasteiger partial charge on any atom is 0.224 e. The number of anilines is 1. The Morgan fingerprint density at radius 1 is 1.03 bits per heavy atom. The van der Waals surface area contributed by atoms with E-state index in [1.165, 1.54) is 16.8 Å². The predicted molar refractivity (Wildman–Crippen MR) is 128 cm³/mol. The summed E-state index contributed by atoms with van der Waals surface area (Å²) in [6, 6.07) is 14.7. The average molecular weight is 419 g/mol. The lowest BCUT2D eigenvalue weighted by atomic mass is 9.91. The Labute approximate surface area is 186 Å². The molecule has 31 heavy (non-hydrogen) atoms. The summed E-state index contributed by atoms with van der Waals surface area (Å²) >= 11 is 0. The third-order valence-electron chi connectivity index (χ3n) is 6.02. The van der Waals surface area contributed by atoms with Crippen molar-refractivity contribution in [3.05, 3.63) is 76.4 Å². The van der Waals surface area contributed by atoms with Gasteiger partial charge in [0, 0.05) is 31.6 Å². The molecule has 1 heterocycles. The Hall–Kier alpha value is -2.88. The van der Waals surface area contributed by atoms with Crippen molar-refractivity contribution in [2.75, 3.05) is 24.5 Å². The van der Waals surface area contributed by atoms with Crippen LogP contribution in [0.5, 0.6) is 0 Å². The number of nitrogens with zero attached hydrogens (tertiary/aromatic N) is 1. The van der Waals surface area contributed by atoms with Crippen molar-refractivity contribution in [3.63, 3.8) is 0 Å². The van der Waals surface area contributed by atoms with Crippen LogP contribution in [0, 0.1) is 13.8 Å². The summed E-state index contributed by atoms with van der Waals surface area (Å²) in [4.78, 5) is 27.2. The Morgan fingerprint density at radius 2 is 1.77 bits per heavy atom. The number of nitrogens with one attached hydrogen (secondary N) is 1. The molecular formula is C27H34N2O2. The lowest BCUT2D eigenvalue weighted by molar-refractivity contribution is -0.124. The topological polar surface area (TPSA) is 49.4 Å². The SMILES string of the molecule is Cc1ccc(N2CC=C(CC(=O)NCC(=O)Cc3c(C)cccc3C(C)C)CC2)cc1. The number of aryl methyl sites for hydroxylation is 2. The third kappa shape index (κ3) is 6.30. The van der Waals surface area contributed by atoms with Crippen LogP contribution in [-0.2, 0) is 16.0 Å². The molecule has 0 bridgehead atoms. The fourth-order valence-electron chi connectivity index (χ4n) is 4.09. The second kappa shape index (κ2) is 10.4. The molecule has 0 unspecified atom stereocenters. The van der Waals surface area contributed by atoms with Crippen molar-refractivity contribution in [2.45, 2.75) is 52.9 Å². The molecule has 1 aliphatic heterocycles. The van der Waals surface area contributed by atoms with Crippen LogP contribution >= 0.6 is 0 Å². The molecule has 0 fully saturated rings. The predicted octanol–water partition coefficient (Wildman–Crippen LogP) is 4.88. The van der Waals surface area contributed by atoms with Gasteiger partial charge in [-0.05, 0) is 55.0 Å². The summed E-state index contributed by atoms with van der Waals surface area (Å²) in [5.74, 6) is 0.347. The van der Waals surface area contributed by atoms with Gasteiger partial charge in [0.05, 0.1) is 6.54 Å². The Morgan fingerprint density at radius 3 is 2.42 bits per heavy atom. The molecule has 0 aromatic heterocycles. The molecule has 4 heteroatoms. The molecule has 0 radical (unpaired) electrons. The highest BCUT2D eigenvalue weighted by Crippen LogP contribution is 2.23. The van der Waals surface area contributed by atoms with Crippen LogP contribution in [0.4, 0.5) is 5.69 Å². The number of benzene rings is 2. The number of ketones is 1. The molecule has 0 saturated heterocycles. The van der Waals surface area contributed by atoms with Gasteiger partial charge >= 0.3 is 0 Å².